The predicted octanol–water partition coefficient (Wildman–Crippen LogP) is 2.10. The number of hydrogen-bond acceptors (Lipinski definition) is 7. The number of amides is 2. The van der Waals surface area contributed by atoms with Gasteiger partial charge < -0.3 is 9.47 Å². The average Bonchev–Trinajstić information content (AvgIpc) is 2.55. The van der Waals surface area contributed by atoms with E-state index < -0.39 is 16.3 Å². The number of halogens is 1. The number of ether oxygens (including phenoxy) is 2. The van der Waals surface area contributed by atoms with Gasteiger partial charge in [-0.2, -0.15) is 22.7 Å². The normalized spacial score (nSPS) is 10.9. The van der Waals surface area contributed by atoms with E-state index in [0.29, 0.717) is 0 Å². The molecule has 2 amide bonds. The molecule has 2 aromatic rings. The molecule has 1 aromatic heterocycles. The minimum absolute atomic E-state index is 0.0847. The number of hydrogen-bond donors (Lipinski definition) is 2. The number of aromatic nitrogens is 2. The predicted molar refractivity (Wildman–Crippen MR) is 92.3 cm³/mol. The monoisotopic (exact) mass is 432 g/mol. The first-order chi connectivity index (χ1) is 11.8. The summed E-state index contributed by atoms with van der Waals surface area (Å²) in [6.07, 6.45) is 0. The van der Waals surface area contributed by atoms with Crippen molar-refractivity contribution in [2.24, 2.45) is 0 Å². The number of methoxy groups -OCH3 is 2. The summed E-state index contributed by atoms with van der Waals surface area (Å²) in [5, 5.41) is 2.17. The molecule has 0 saturated heterocycles. The van der Waals surface area contributed by atoms with Crippen molar-refractivity contribution in [1.82, 2.24) is 9.97 Å². The van der Waals surface area contributed by atoms with E-state index in [2.05, 4.69) is 31.2 Å². The summed E-state index contributed by atoms with van der Waals surface area (Å²) in [7, 11) is -2.23. The Hall–Kier alpha value is -2.44. The number of nitrogens with one attached hydrogen (secondary N) is 1. The van der Waals surface area contributed by atoms with Gasteiger partial charge in [0.25, 0.3) is 0 Å². The molecule has 25 heavy (non-hydrogen) atoms. The third-order valence-corrected chi connectivity index (χ3v) is 4.30. The summed E-state index contributed by atoms with van der Waals surface area (Å²) >= 11 is 3.12. The highest BCUT2D eigenvalue weighted by Crippen LogP contribution is 2.28. The molecule has 10 nitrogen and oxygen atoms in total. The van der Waals surface area contributed by atoms with E-state index in [1.54, 1.807) is 6.07 Å². The molecule has 1 heterocycles. The summed E-state index contributed by atoms with van der Waals surface area (Å²) in [5.41, 5.74) is -0.0997. The molecule has 0 aliphatic rings. The van der Waals surface area contributed by atoms with Crippen molar-refractivity contribution in [3.8, 4) is 11.8 Å². The van der Waals surface area contributed by atoms with Gasteiger partial charge in [-0.3, -0.25) is 9.87 Å². The van der Waals surface area contributed by atoms with E-state index in [1.165, 1.54) is 38.5 Å². The number of nitrogens with zero attached hydrogens (tertiary/aromatic N) is 3. The van der Waals surface area contributed by atoms with Gasteiger partial charge >= 0.3 is 16.3 Å². The zero-order valence-electron chi connectivity index (χ0n) is 13.0. The van der Waals surface area contributed by atoms with Crippen LogP contribution in [0, 0.1) is 0 Å². The minimum Gasteiger partial charge on any atom is -0.481 e. The van der Waals surface area contributed by atoms with E-state index in [1.807, 2.05) is 0 Å². The van der Waals surface area contributed by atoms with Crippen LogP contribution in [0.5, 0.6) is 11.8 Å². The number of carbonyl (C=O) groups is 1. The van der Waals surface area contributed by atoms with Crippen LogP contribution in [-0.4, -0.2) is 43.2 Å². The van der Waals surface area contributed by atoms with Crippen molar-refractivity contribution >= 4 is 43.9 Å². The standard InChI is InChI=1S/C13H13BrN4O6S/c1-23-10-7-11(24-2)16-12(15-10)17-13(19)18(25(20,21)22)9-6-4-3-5-8(9)14/h3-7H,1-2H3,(H,20,21,22)(H,15,16,17,19). The van der Waals surface area contributed by atoms with Gasteiger partial charge in [-0.1, -0.05) is 12.1 Å². The second-order valence-corrected chi connectivity index (χ2v) is 6.52. The Morgan fingerprint density at radius 1 is 1.20 bits per heavy atom. The van der Waals surface area contributed by atoms with Crippen molar-refractivity contribution in [1.29, 1.82) is 0 Å². The third kappa shape index (κ3) is 4.55. The Kier molecular flexibility index (Phi) is 5.77. The van der Waals surface area contributed by atoms with Crippen LogP contribution in [0.15, 0.2) is 34.8 Å². The smallest absolute Gasteiger partial charge is 0.368 e. The molecule has 0 radical (unpaired) electrons. The van der Waals surface area contributed by atoms with Gasteiger partial charge in [0, 0.05) is 4.47 Å². The van der Waals surface area contributed by atoms with E-state index in [-0.39, 0.29) is 32.2 Å². The largest absolute Gasteiger partial charge is 0.481 e. The molecule has 0 fully saturated rings. The van der Waals surface area contributed by atoms with Gasteiger partial charge in [-0.15, -0.1) is 0 Å². The molecule has 0 bridgehead atoms. The minimum atomic E-state index is -4.92. The molecule has 0 aliphatic heterocycles. The lowest BCUT2D eigenvalue weighted by Gasteiger charge is -2.20. The maximum atomic E-state index is 12.4. The summed E-state index contributed by atoms with van der Waals surface area (Å²) in [5.74, 6) is -0.107. The molecule has 0 saturated carbocycles. The van der Waals surface area contributed by atoms with Crippen molar-refractivity contribution < 1.29 is 27.2 Å². The molecular weight excluding hydrogens is 420 g/mol. The highest BCUT2D eigenvalue weighted by atomic mass is 79.9. The average molecular weight is 433 g/mol. The molecule has 2 rings (SSSR count). The maximum absolute atomic E-state index is 12.4. The maximum Gasteiger partial charge on any atom is 0.368 e. The molecule has 1 aromatic carbocycles. The van der Waals surface area contributed by atoms with Gasteiger partial charge in [0.2, 0.25) is 17.7 Å². The molecule has 0 unspecified atom stereocenters. The molecule has 0 aliphatic carbocycles. The zero-order valence-corrected chi connectivity index (χ0v) is 15.4. The summed E-state index contributed by atoms with van der Waals surface area (Å²) in [6.45, 7) is 0. The summed E-state index contributed by atoms with van der Waals surface area (Å²) in [6, 6.07) is 6.10. The van der Waals surface area contributed by atoms with Crippen molar-refractivity contribution in [3.63, 3.8) is 0 Å². The topological polar surface area (TPSA) is 131 Å². The second kappa shape index (κ2) is 7.63. The van der Waals surface area contributed by atoms with Crippen molar-refractivity contribution in [2.45, 2.75) is 0 Å². The molecule has 134 valence electrons. The van der Waals surface area contributed by atoms with Crippen LogP contribution >= 0.6 is 15.9 Å². The SMILES string of the molecule is COc1cc(OC)nc(NC(=O)N(c2ccccc2Br)S(=O)(=O)O)n1. The van der Waals surface area contributed by atoms with E-state index >= 15 is 0 Å². The highest BCUT2D eigenvalue weighted by Gasteiger charge is 2.30. The van der Waals surface area contributed by atoms with Crippen molar-refractivity contribution in [2.75, 3.05) is 23.8 Å². The van der Waals surface area contributed by atoms with Crippen LogP contribution in [0.3, 0.4) is 0 Å². The first kappa shape index (κ1) is 18.9. The van der Waals surface area contributed by atoms with Crippen LogP contribution in [0.25, 0.3) is 0 Å². The molecule has 12 heteroatoms. The highest BCUT2D eigenvalue weighted by molar-refractivity contribution is 9.10. The molecule has 0 spiro atoms. The second-order valence-electron chi connectivity index (χ2n) is 4.40. The zero-order chi connectivity index (χ0) is 18.6. The fourth-order valence-corrected chi connectivity index (χ4v) is 3.01. The van der Waals surface area contributed by atoms with Gasteiger partial charge in [0.1, 0.15) is 0 Å². The van der Waals surface area contributed by atoms with Gasteiger partial charge in [0.05, 0.1) is 26.0 Å². The van der Waals surface area contributed by atoms with E-state index in [0.717, 1.165) is 0 Å². The fourth-order valence-electron chi connectivity index (χ4n) is 1.77. The lowest BCUT2D eigenvalue weighted by molar-refractivity contribution is 0.259. The van der Waals surface area contributed by atoms with Gasteiger partial charge in [-0.05, 0) is 28.1 Å². The van der Waals surface area contributed by atoms with Crippen LogP contribution in [0.2, 0.25) is 0 Å². The van der Waals surface area contributed by atoms with Crippen molar-refractivity contribution in [3.05, 3.63) is 34.8 Å². The van der Waals surface area contributed by atoms with Crippen LogP contribution < -0.4 is 19.1 Å². The molecule has 0 atom stereocenters. The Morgan fingerprint density at radius 3 is 2.24 bits per heavy atom. The van der Waals surface area contributed by atoms with E-state index in [9.17, 15) is 17.8 Å². The summed E-state index contributed by atoms with van der Waals surface area (Å²) in [4.78, 5) is 20.1. The Balaban J connectivity index is 2.41. The van der Waals surface area contributed by atoms with Crippen LogP contribution in [0.4, 0.5) is 16.4 Å². The molecular formula is C13H13BrN4O6S. The number of benzene rings is 1. The van der Waals surface area contributed by atoms with Gasteiger partial charge in [-0.25, -0.2) is 4.79 Å². The van der Waals surface area contributed by atoms with E-state index in [4.69, 9.17) is 9.47 Å². The lowest BCUT2D eigenvalue weighted by atomic mass is 10.3. The van der Waals surface area contributed by atoms with Crippen LogP contribution in [0.1, 0.15) is 0 Å². The number of para-hydroxylation sites is 1. The quantitative estimate of drug-likeness (QED) is 0.686. The third-order valence-electron chi connectivity index (χ3n) is 2.80. The first-order valence-corrected chi connectivity index (χ1v) is 8.75. The van der Waals surface area contributed by atoms with Gasteiger partial charge in [0.15, 0.2) is 0 Å². The number of anilines is 2. The number of urea groups is 1. The summed E-state index contributed by atoms with van der Waals surface area (Å²) < 4.78 is 43.1. The first-order valence-electron chi connectivity index (χ1n) is 6.56. The Labute approximate surface area is 151 Å². The number of carbonyl (C=O) groups excluding carboxylic acids is 1. The Morgan fingerprint density at radius 2 is 1.76 bits per heavy atom. The molecule has 2 N–H and O–H groups in total. The fraction of sp³-hybridized carbons (Fsp3) is 0.154. The number of rotatable bonds is 5. The lowest BCUT2D eigenvalue weighted by Crippen LogP contribution is -2.40. The van der Waals surface area contributed by atoms with Crippen LogP contribution in [-0.2, 0) is 10.3 Å². The Bertz CT molecular complexity index is 870.